The molecule has 1 aliphatic rings. The molecule has 0 saturated carbocycles. The van der Waals surface area contributed by atoms with Crippen molar-refractivity contribution in [3.8, 4) is 0 Å². The van der Waals surface area contributed by atoms with E-state index in [1.807, 2.05) is 4.90 Å². The molecule has 2 N–H and O–H groups in total. The number of likely N-dealkylation sites (tertiary alicyclic amines) is 1. The number of nitrogens with zero attached hydrogens (tertiary/aromatic N) is 2. The Morgan fingerprint density at radius 1 is 1.59 bits per heavy atom. The van der Waals surface area contributed by atoms with Gasteiger partial charge >= 0.3 is 0 Å². The van der Waals surface area contributed by atoms with E-state index in [9.17, 15) is 4.79 Å². The Kier molecular flexibility index (Phi) is 3.78. The number of hydrogen-bond donors (Lipinski definition) is 1. The summed E-state index contributed by atoms with van der Waals surface area (Å²) in [4.78, 5) is 18.0. The fourth-order valence-corrected chi connectivity index (χ4v) is 2.07. The molecule has 0 aliphatic carbocycles. The Hall–Kier alpha value is -1.36. The van der Waals surface area contributed by atoms with Crippen molar-refractivity contribution in [2.75, 3.05) is 13.1 Å². The third kappa shape index (κ3) is 2.66. The first-order chi connectivity index (χ1) is 8.22. The molecule has 2 heterocycles. The molecule has 1 saturated heterocycles. The fraction of sp³-hybridized carbons (Fsp3) is 0.667. The number of amides is 1. The number of carbonyl (C=O) groups excluding carboxylic acids is 1. The molecule has 17 heavy (non-hydrogen) atoms. The van der Waals surface area contributed by atoms with Crippen molar-refractivity contribution in [2.45, 2.75) is 38.6 Å². The minimum absolute atomic E-state index is 0.0406. The lowest BCUT2D eigenvalue weighted by atomic mass is 10.2. The third-order valence-electron chi connectivity index (χ3n) is 3.05. The smallest absolute Gasteiger partial charge is 0.275 e. The van der Waals surface area contributed by atoms with Gasteiger partial charge in [-0.25, -0.2) is 4.98 Å². The van der Waals surface area contributed by atoms with Gasteiger partial charge in [-0.1, -0.05) is 13.3 Å². The highest BCUT2D eigenvalue weighted by Gasteiger charge is 2.23. The van der Waals surface area contributed by atoms with Crippen LogP contribution in [0.25, 0.3) is 0 Å². The molecule has 5 heteroatoms. The highest BCUT2D eigenvalue weighted by Crippen LogP contribution is 2.17. The second-order valence-corrected chi connectivity index (χ2v) is 4.47. The topological polar surface area (TPSA) is 72.4 Å². The molecule has 1 fully saturated rings. The Bertz CT molecular complexity index is 383. The molecule has 1 unspecified atom stereocenters. The van der Waals surface area contributed by atoms with Gasteiger partial charge in [-0.05, 0) is 19.3 Å². The van der Waals surface area contributed by atoms with Gasteiger partial charge in [0.05, 0.1) is 6.04 Å². The summed E-state index contributed by atoms with van der Waals surface area (Å²) in [7, 11) is 0. The monoisotopic (exact) mass is 237 g/mol. The lowest BCUT2D eigenvalue weighted by molar-refractivity contribution is 0.0787. The molecule has 1 aliphatic heterocycles. The first-order valence-corrected chi connectivity index (χ1v) is 6.22. The van der Waals surface area contributed by atoms with Gasteiger partial charge in [0.15, 0.2) is 5.69 Å². The maximum absolute atomic E-state index is 12.0. The van der Waals surface area contributed by atoms with E-state index in [4.69, 9.17) is 10.2 Å². The second kappa shape index (κ2) is 5.31. The van der Waals surface area contributed by atoms with E-state index in [0.29, 0.717) is 11.6 Å². The molecule has 1 amide bonds. The van der Waals surface area contributed by atoms with Crippen LogP contribution in [0.15, 0.2) is 10.7 Å². The van der Waals surface area contributed by atoms with Crippen molar-refractivity contribution in [1.82, 2.24) is 9.88 Å². The van der Waals surface area contributed by atoms with Crippen LogP contribution >= 0.6 is 0 Å². The first-order valence-electron chi connectivity index (χ1n) is 6.22. The van der Waals surface area contributed by atoms with Gasteiger partial charge in [0.1, 0.15) is 6.26 Å². The molecular formula is C12H19N3O2. The number of rotatable bonds is 4. The molecular weight excluding hydrogens is 218 g/mol. The van der Waals surface area contributed by atoms with Gasteiger partial charge in [-0.15, -0.1) is 0 Å². The summed E-state index contributed by atoms with van der Waals surface area (Å²) < 4.78 is 5.28. The van der Waals surface area contributed by atoms with Gasteiger partial charge < -0.3 is 15.1 Å². The Morgan fingerprint density at radius 3 is 2.94 bits per heavy atom. The maximum atomic E-state index is 12.0. The summed E-state index contributed by atoms with van der Waals surface area (Å²) in [6, 6.07) is -0.208. The van der Waals surface area contributed by atoms with E-state index in [-0.39, 0.29) is 11.9 Å². The zero-order chi connectivity index (χ0) is 12.3. The van der Waals surface area contributed by atoms with E-state index in [1.165, 1.54) is 6.26 Å². The molecule has 94 valence electrons. The second-order valence-electron chi connectivity index (χ2n) is 4.47. The van der Waals surface area contributed by atoms with Crippen molar-refractivity contribution in [3.63, 3.8) is 0 Å². The number of hydrogen-bond acceptors (Lipinski definition) is 4. The van der Waals surface area contributed by atoms with E-state index in [0.717, 1.165) is 38.8 Å². The lowest BCUT2D eigenvalue weighted by Crippen LogP contribution is -2.28. The van der Waals surface area contributed by atoms with Crippen molar-refractivity contribution in [3.05, 3.63) is 17.8 Å². The average Bonchev–Trinajstić information content (AvgIpc) is 3.00. The van der Waals surface area contributed by atoms with Crippen LogP contribution in [-0.2, 0) is 0 Å². The van der Waals surface area contributed by atoms with Gasteiger partial charge in [0.25, 0.3) is 5.91 Å². The van der Waals surface area contributed by atoms with Gasteiger partial charge in [-0.2, -0.15) is 0 Å². The number of carbonyl (C=O) groups is 1. The summed E-state index contributed by atoms with van der Waals surface area (Å²) in [5.74, 6) is 0.426. The molecule has 0 radical (unpaired) electrons. The molecule has 5 nitrogen and oxygen atoms in total. The number of nitrogens with two attached hydrogens (primary N) is 1. The SMILES string of the molecule is CCCC(N)c1nc(C(=O)N2CCCC2)co1. The Morgan fingerprint density at radius 2 is 2.29 bits per heavy atom. The highest BCUT2D eigenvalue weighted by molar-refractivity contribution is 5.92. The van der Waals surface area contributed by atoms with E-state index in [2.05, 4.69) is 11.9 Å². The molecule has 1 atom stereocenters. The third-order valence-corrected chi connectivity index (χ3v) is 3.05. The van der Waals surface area contributed by atoms with Gasteiger partial charge in [0.2, 0.25) is 5.89 Å². The summed E-state index contributed by atoms with van der Waals surface area (Å²) in [6.45, 7) is 3.70. The predicted molar refractivity (Wildman–Crippen MR) is 63.5 cm³/mol. The minimum atomic E-state index is -0.208. The predicted octanol–water partition coefficient (Wildman–Crippen LogP) is 1.71. The van der Waals surface area contributed by atoms with Crippen LogP contribution in [0, 0.1) is 0 Å². The fourth-order valence-electron chi connectivity index (χ4n) is 2.07. The highest BCUT2D eigenvalue weighted by atomic mass is 16.3. The molecule has 0 spiro atoms. The van der Waals surface area contributed by atoms with Crippen molar-refractivity contribution in [1.29, 1.82) is 0 Å². The van der Waals surface area contributed by atoms with Crippen LogP contribution in [0.2, 0.25) is 0 Å². The Labute approximate surface area is 101 Å². The van der Waals surface area contributed by atoms with Crippen LogP contribution < -0.4 is 5.73 Å². The molecule has 0 aromatic carbocycles. The van der Waals surface area contributed by atoms with Crippen LogP contribution in [0.3, 0.4) is 0 Å². The zero-order valence-corrected chi connectivity index (χ0v) is 10.2. The molecule has 2 rings (SSSR count). The molecule has 1 aromatic heterocycles. The normalized spacial score (nSPS) is 17.4. The van der Waals surface area contributed by atoms with Crippen molar-refractivity contribution in [2.24, 2.45) is 5.73 Å². The summed E-state index contributed by atoms with van der Waals surface area (Å²) in [5, 5.41) is 0. The number of oxazole rings is 1. The van der Waals surface area contributed by atoms with Gasteiger partial charge in [-0.3, -0.25) is 4.79 Å². The summed E-state index contributed by atoms with van der Waals surface area (Å²) >= 11 is 0. The van der Waals surface area contributed by atoms with Crippen LogP contribution in [0.1, 0.15) is 55.0 Å². The van der Waals surface area contributed by atoms with Crippen LogP contribution in [-0.4, -0.2) is 28.9 Å². The van der Waals surface area contributed by atoms with E-state index in [1.54, 1.807) is 0 Å². The van der Waals surface area contributed by atoms with Crippen molar-refractivity contribution < 1.29 is 9.21 Å². The quantitative estimate of drug-likeness (QED) is 0.865. The molecule has 1 aromatic rings. The number of aromatic nitrogens is 1. The average molecular weight is 237 g/mol. The van der Waals surface area contributed by atoms with E-state index >= 15 is 0 Å². The molecule has 0 bridgehead atoms. The summed E-state index contributed by atoms with van der Waals surface area (Å²) in [6.07, 6.45) is 5.36. The first kappa shape index (κ1) is 12.1. The zero-order valence-electron chi connectivity index (χ0n) is 10.2. The minimum Gasteiger partial charge on any atom is -0.446 e. The van der Waals surface area contributed by atoms with Crippen LogP contribution in [0.4, 0.5) is 0 Å². The largest absolute Gasteiger partial charge is 0.446 e. The van der Waals surface area contributed by atoms with E-state index < -0.39 is 0 Å². The van der Waals surface area contributed by atoms with Crippen LogP contribution in [0.5, 0.6) is 0 Å². The standard InChI is InChI=1S/C12H19N3O2/c1-2-5-9(13)11-14-10(8-17-11)12(16)15-6-3-4-7-15/h8-9H,2-7,13H2,1H3. The maximum Gasteiger partial charge on any atom is 0.275 e. The van der Waals surface area contributed by atoms with Crippen molar-refractivity contribution >= 4 is 5.91 Å². The van der Waals surface area contributed by atoms with Gasteiger partial charge in [0, 0.05) is 13.1 Å². The summed E-state index contributed by atoms with van der Waals surface area (Å²) in [5.41, 5.74) is 6.27. The Balaban J connectivity index is 2.04. The lowest BCUT2D eigenvalue weighted by Gasteiger charge is -2.12.